The Balaban J connectivity index is 1.48. The molecule has 0 amide bonds. The van der Waals surface area contributed by atoms with Crippen LogP contribution in [0.3, 0.4) is 0 Å². The van der Waals surface area contributed by atoms with Gasteiger partial charge in [-0.15, -0.1) is 0 Å². The van der Waals surface area contributed by atoms with E-state index in [1.165, 1.54) is 0 Å². The van der Waals surface area contributed by atoms with E-state index in [1.54, 1.807) is 43.3 Å². The number of aryl methyl sites for hydroxylation is 2. The Kier molecular flexibility index (Phi) is 7.12. The highest BCUT2D eigenvalue weighted by Crippen LogP contribution is 2.21. The smallest absolute Gasteiger partial charge is 0.309 e. The number of carbonyl (C=O) groups excluding carboxylic acids is 2. The van der Waals surface area contributed by atoms with Gasteiger partial charge in [-0.25, -0.2) is 0 Å². The second kappa shape index (κ2) is 9.97. The summed E-state index contributed by atoms with van der Waals surface area (Å²) < 4.78 is 23.0. The van der Waals surface area contributed by atoms with Crippen LogP contribution in [0.15, 0.2) is 40.9 Å². The van der Waals surface area contributed by atoms with Gasteiger partial charge in [-0.05, 0) is 58.0 Å². The minimum Gasteiger partial charge on any atom is -0.494 e. The molecule has 0 saturated carbocycles. The van der Waals surface area contributed by atoms with Crippen molar-refractivity contribution in [2.24, 2.45) is 0 Å². The summed E-state index contributed by atoms with van der Waals surface area (Å²) in [6.45, 7) is 7.82. The summed E-state index contributed by atoms with van der Waals surface area (Å²) in [5.41, 5.74) is 2.03. The molecule has 1 aromatic carbocycles. The Morgan fingerprint density at radius 3 is 2.32 bits per heavy atom. The summed E-state index contributed by atoms with van der Waals surface area (Å²) in [7, 11) is 0. The summed E-state index contributed by atoms with van der Waals surface area (Å²) in [6.07, 6.45) is 0.0394. The van der Waals surface area contributed by atoms with Crippen molar-refractivity contribution >= 4 is 11.8 Å². The molecule has 8 heteroatoms. The third-order valence-electron chi connectivity index (χ3n) is 4.65. The third-order valence-corrected chi connectivity index (χ3v) is 4.65. The molecule has 0 bridgehead atoms. The molecule has 0 N–H and O–H groups in total. The van der Waals surface area contributed by atoms with E-state index >= 15 is 0 Å². The van der Waals surface area contributed by atoms with E-state index < -0.39 is 5.97 Å². The van der Waals surface area contributed by atoms with Crippen LogP contribution in [0, 0.1) is 20.8 Å². The molecular weight excluding hydrogens is 400 g/mol. The van der Waals surface area contributed by atoms with Crippen LogP contribution in [-0.4, -0.2) is 41.3 Å². The van der Waals surface area contributed by atoms with Crippen molar-refractivity contribution in [3.05, 3.63) is 59.1 Å². The molecule has 2 aromatic heterocycles. The highest BCUT2D eigenvalue weighted by atomic mass is 16.5. The molecule has 0 spiro atoms. The number of hydrogen-bond donors (Lipinski definition) is 0. The number of nitrogens with zero attached hydrogens (tertiary/aromatic N) is 2. The zero-order valence-electron chi connectivity index (χ0n) is 18.1. The zero-order valence-corrected chi connectivity index (χ0v) is 18.1. The Morgan fingerprint density at radius 2 is 1.71 bits per heavy atom. The minimum atomic E-state index is -0.500. The first-order chi connectivity index (χ1) is 14.9. The molecule has 164 valence electrons. The van der Waals surface area contributed by atoms with Crippen molar-refractivity contribution in [2.45, 2.75) is 34.1 Å². The lowest BCUT2D eigenvalue weighted by Gasteiger charge is -2.08. The van der Waals surface area contributed by atoms with E-state index in [0.29, 0.717) is 35.2 Å². The van der Waals surface area contributed by atoms with E-state index in [1.807, 2.05) is 25.3 Å². The molecule has 31 heavy (non-hydrogen) atoms. The Hall–Kier alpha value is -3.55. The van der Waals surface area contributed by atoms with Gasteiger partial charge in [0.05, 0.1) is 19.6 Å². The largest absolute Gasteiger partial charge is 0.494 e. The Labute approximate surface area is 180 Å². The maximum atomic E-state index is 12.6. The van der Waals surface area contributed by atoms with Crippen LogP contribution in [0.25, 0.3) is 5.82 Å². The van der Waals surface area contributed by atoms with Gasteiger partial charge < -0.3 is 18.7 Å². The van der Waals surface area contributed by atoms with E-state index in [-0.39, 0.29) is 25.4 Å². The topological polar surface area (TPSA) is 92.8 Å². The number of hydrogen-bond acceptors (Lipinski definition) is 7. The lowest BCUT2D eigenvalue weighted by Crippen LogP contribution is -2.16. The average molecular weight is 426 g/mol. The molecule has 0 aliphatic rings. The van der Waals surface area contributed by atoms with Gasteiger partial charge in [0, 0.05) is 23.0 Å². The van der Waals surface area contributed by atoms with Gasteiger partial charge in [0.25, 0.3) is 0 Å². The van der Waals surface area contributed by atoms with E-state index in [2.05, 4.69) is 5.16 Å². The molecule has 0 radical (unpaired) electrons. The molecule has 0 aliphatic heterocycles. The fourth-order valence-electron chi connectivity index (χ4n) is 3.20. The number of esters is 1. The van der Waals surface area contributed by atoms with Crippen molar-refractivity contribution in [3.63, 3.8) is 0 Å². The molecule has 8 nitrogen and oxygen atoms in total. The number of ether oxygens (including phenoxy) is 3. The van der Waals surface area contributed by atoms with Crippen LogP contribution in [0.1, 0.15) is 40.9 Å². The monoisotopic (exact) mass is 426 g/mol. The molecule has 3 rings (SSSR count). The predicted molar refractivity (Wildman–Crippen MR) is 113 cm³/mol. The van der Waals surface area contributed by atoms with Gasteiger partial charge in [-0.2, -0.15) is 0 Å². The summed E-state index contributed by atoms with van der Waals surface area (Å²) in [4.78, 5) is 24.6. The second-order valence-electron chi connectivity index (χ2n) is 7.00. The molecule has 0 aliphatic carbocycles. The normalized spacial score (nSPS) is 10.7. The fourth-order valence-corrected chi connectivity index (χ4v) is 3.20. The number of rotatable bonds is 10. The second-order valence-corrected chi connectivity index (χ2v) is 7.00. The fraction of sp³-hybridized carbons (Fsp3) is 0.348. The van der Waals surface area contributed by atoms with Crippen LogP contribution in [-0.2, 0) is 9.53 Å². The molecule has 2 heterocycles. The number of ketones is 1. The molecule has 0 fully saturated rings. The van der Waals surface area contributed by atoms with E-state index in [9.17, 15) is 9.59 Å². The van der Waals surface area contributed by atoms with E-state index in [4.69, 9.17) is 18.7 Å². The van der Waals surface area contributed by atoms with Gasteiger partial charge in [0.2, 0.25) is 5.78 Å². The third kappa shape index (κ3) is 5.53. The molecule has 0 saturated heterocycles. The molecular formula is C23H26N2O6. The first kappa shape index (κ1) is 22.1. The lowest BCUT2D eigenvalue weighted by atomic mass is 10.1. The van der Waals surface area contributed by atoms with Crippen molar-refractivity contribution in [1.29, 1.82) is 0 Å². The van der Waals surface area contributed by atoms with Gasteiger partial charge in [0.1, 0.15) is 17.3 Å². The predicted octanol–water partition coefficient (Wildman–Crippen LogP) is 3.98. The van der Waals surface area contributed by atoms with Crippen LogP contribution in [0.2, 0.25) is 0 Å². The maximum absolute atomic E-state index is 12.6. The van der Waals surface area contributed by atoms with Crippen molar-refractivity contribution < 1.29 is 28.3 Å². The standard InChI is InChI=1S/C23H26N2O6/c1-5-28-18-6-8-19(9-7-18)29-11-10-23(27)30-14-21(26)20-12-15(2)25(17(20)4)22-13-16(3)31-24-22/h6-9,12-13H,5,10-11,14H2,1-4H3. The van der Waals surface area contributed by atoms with Gasteiger partial charge in [-0.1, -0.05) is 5.16 Å². The van der Waals surface area contributed by atoms with Crippen LogP contribution < -0.4 is 9.47 Å². The molecule has 3 aromatic rings. The zero-order chi connectivity index (χ0) is 22.4. The highest BCUT2D eigenvalue weighted by Gasteiger charge is 2.19. The van der Waals surface area contributed by atoms with Gasteiger partial charge in [-0.3, -0.25) is 14.2 Å². The lowest BCUT2D eigenvalue weighted by molar-refractivity contribution is -0.143. The summed E-state index contributed by atoms with van der Waals surface area (Å²) >= 11 is 0. The first-order valence-corrected chi connectivity index (χ1v) is 10.1. The first-order valence-electron chi connectivity index (χ1n) is 10.1. The number of Topliss-reactive ketones (excluding diaryl/α,β-unsaturated/α-hetero) is 1. The molecule has 0 atom stereocenters. The van der Waals surface area contributed by atoms with Gasteiger partial charge in [0.15, 0.2) is 12.4 Å². The highest BCUT2D eigenvalue weighted by molar-refractivity contribution is 5.99. The minimum absolute atomic E-state index is 0.0394. The summed E-state index contributed by atoms with van der Waals surface area (Å²) in [5, 5.41) is 4.00. The van der Waals surface area contributed by atoms with Gasteiger partial charge >= 0.3 is 5.97 Å². The quantitative estimate of drug-likeness (QED) is 0.357. The summed E-state index contributed by atoms with van der Waals surface area (Å²) in [5.74, 6) is 1.89. The van der Waals surface area contributed by atoms with Crippen molar-refractivity contribution in [3.8, 4) is 17.3 Å². The number of aromatic nitrogens is 2. The van der Waals surface area contributed by atoms with Crippen LogP contribution in [0.4, 0.5) is 0 Å². The van der Waals surface area contributed by atoms with E-state index in [0.717, 1.165) is 11.4 Å². The van der Waals surface area contributed by atoms with Crippen molar-refractivity contribution in [2.75, 3.05) is 19.8 Å². The van der Waals surface area contributed by atoms with Crippen LogP contribution in [0.5, 0.6) is 11.5 Å². The summed E-state index contributed by atoms with van der Waals surface area (Å²) in [6, 6.07) is 10.7. The average Bonchev–Trinajstić information content (AvgIpc) is 3.29. The molecule has 0 unspecified atom stereocenters. The Bertz CT molecular complexity index is 1050. The van der Waals surface area contributed by atoms with Crippen LogP contribution >= 0.6 is 0 Å². The van der Waals surface area contributed by atoms with Crippen molar-refractivity contribution in [1.82, 2.24) is 9.72 Å². The number of benzene rings is 1. The Morgan fingerprint density at radius 1 is 1.03 bits per heavy atom. The number of carbonyl (C=O) groups is 2. The maximum Gasteiger partial charge on any atom is 0.309 e. The SMILES string of the molecule is CCOc1ccc(OCCC(=O)OCC(=O)c2cc(C)n(-c3cc(C)on3)c2C)cc1.